The minimum Gasteiger partial charge on any atom is -0.351 e. The molecule has 2 aromatic rings. The van der Waals surface area contributed by atoms with E-state index in [4.69, 9.17) is 0 Å². The predicted molar refractivity (Wildman–Crippen MR) is 102 cm³/mol. The van der Waals surface area contributed by atoms with Gasteiger partial charge in [-0.05, 0) is 56.6 Å². The summed E-state index contributed by atoms with van der Waals surface area (Å²) in [5.41, 5.74) is 0.734. The highest BCUT2D eigenvalue weighted by atomic mass is 79.9. The van der Waals surface area contributed by atoms with Gasteiger partial charge in [0.2, 0.25) is 0 Å². The summed E-state index contributed by atoms with van der Waals surface area (Å²) in [6, 6.07) is 12.7. The van der Waals surface area contributed by atoms with Crippen LogP contribution in [0.3, 0.4) is 0 Å². The molecule has 0 unspecified atom stereocenters. The Balaban J connectivity index is 2.10. The zero-order chi connectivity index (χ0) is 18.4. The lowest BCUT2D eigenvalue weighted by molar-refractivity contribution is 0.0951. The monoisotopic (exact) mass is 425 g/mol. The smallest absolute Gasteiger partial charge is 0.261 e. The number of halogens is 1. The van der Waals surface area contributed by atoms with E-state index in [9.17, 15) is 13.2 Å². The van der Waals surface area contributed by atoms with Crippen molar-refractivity contribution in [3.8, 4) is 0 Å². The van der Waals surface area contributed by atoms with Crippen LogP contribution in [-0.2, 0) is 10.0 Å². The van der Waals surface area contributed by atoms with Crippen molar-refractivity contribution in [3.63, 3.8) is 0 Å². The third kappa shape index (κ3) is 5.84. The molecule has 0 spiro atoms. The van der Waals surface area contributed by atoms with Crippen molar-refractivity contribution in [2.75, 3.05) is 31.9 Å². The van der Waals surface area contributed by atoms with E-state index in [-0.39, 0.29) is 10.8 Å². The van der Waals surface area contributed by atoms with Gasteiger partial charge in [0, 0.05) is 28.8 Å². The molecule has 0 fully saturated rings. The molecule has 2 rings (SSSR count). The Kier molecular flexibility index (Phi) is 6.57. The van der Waals surface area contributed by atoms with Gasteiger partial charge in [0.05, 0.1) is 4.90 Å². The van der Waals surface area contributed by atoms with Crippen LogP contribution in [0, 0.1) is 0 Å². The molecule has 0 aromatic heterocycles. The average molecular weight is 426 g/mol. The van der Waals surface area contributed by atoms with Gasteiger partial charge < -0.3 is 10.2 Å². The molecular formula is C17H20BrN3O3S. The lowest BCUT2D eigenvalue weighted by atomic mass is 10.2. The number of benzene rings is 2. The normalized spacial score (nSPS) is 11.4. The van der Waals surface area contributed by atoms with Crippen LogP contribution in [0.4, 0.5) is 5.69 Å². The van der Waals surface area contributed by atoms with Crippen LogP contribution < -0.4 is 10.0 Å². The van der Waals surface area contributed by atoms with Gasteiger partial charge in [-0.2, -0.15) is 0 Å². The maximum atomic E-state index is 12.4. The first-order valence-electron chi connectivity index (χ1n) is 7.59. The van der Waals surface area contributed by atoms with Gasteiger partial charge in [0.1, 0.15) is 0 Å². The van der Waals surface area contributed by atoms with Crippen LogP contribution in [0.5, 0.6) is 0 Å². The zero-order valence-corrected chi connectivity index (χ0v) is 16.4. The van der Waals surface area contributed by atoms with Gasteiger partial charge >= 0.3 is 0 Å². The number of nitrogens with zero attached hydrogens (tertiary/aromatic N) is 1. The minimum absolute atomic E-state index is 0.150. The van der Waals surface area contributed by atoms with Gasteiger partial charge in [-0.1, -0.05) is 22.0 Å². The number of amides is 1. The van der Waals surface area contributed by atoms with Crippen LogP contribution in [0.2, 0.25) is 0 Å². The third-order valence-corrected chi connectivity index (χ3v) is 5.27. The van der Waals surface area contributed by atoms with Crippen LogP contribution in [0.25, 0.3) is 0 Å². The Morgan fingerprint density at radius 2 is 1.80 bits per heavy atom. The van der Waals surface area contributed by atoms with E-state index in [2.05, 4.69) is 26.0 Å². The molecule has 134 valence electrons. The number of sulfonamides is 1. The first-order chi connectivity index (χ1) is 11.8. The molecule has 1 amide bonds. The topological polar surface area (TPSA) is 78.5 Å². The molecule has 8 heteroatoms. The molecule has 0 aliphatic rings. The molecular weight excluding hydrogens is 406 g/mol. The Hall–Kier alpha value is -1.90. The van der Waals surface area contributed by atoms with E-state index >= 15 is 0 Å². The molecule has 2 N–H and O–H groups in total. The molecule has 0 aliphatic carbocycles. The van der Waals surface area contributed by atoms with Gasteiger partial charge in [0.25, 0.3) is 15.9 Å². The van der Waals surface area contributed by atoms with E-state index in [1.807, 2.05) is 19.0 Å². The van der Waals surface area contributed by atoms with Crippen LogP contribution in [0.15, 0.2) is 57.9 Å². The molecule has 0 saturated carbocycles. The van der Waals surface area contributed by atoms with Crippen LogP contribution in [-0.4, -0.2) is 46.4 Å². The number of rotatable bonds is 7. The summed E-state index contributed by atoms with van der Waals surface area (Å²) in [6.45, 7) is 1.24. The average Bonchev–Trinajstić information content (AvgIpc) is 2.54. The van der Waals surface area contributed by atoms with Crippen molar-refractivity contribution in [2.24, 2.45) is 0 Å². The standard InChI is InChI=1S/C17H20BrN3O3S/c1-21(2)11-10-19-17(22)13-4-3-5-15(12-13)20-25(23,24)16-8-6-14(18)7-9-16/h3-9,12,20H,10-11H2,1-2H3,(H,19,22). The maximum absolute atomic E-state index is 12.4. The summed E-state index contributed by atoms with van der Waals surface area (Å²) in [5, 5.41) is 2.80. The molecule has 0 bridgehead atoms. The number of hydrogen-bond acceptors (Lipinski definition) is 4. The van der Waals surface area contributed by atoms with Crippen molar-refractivity contribution in [3.05, 3.63) is 58.6 Å². The largest absolute Gasteiger partial charge is 0.351 e. The first-order valence-corrected chi connectivity index (χ1v) is 9.87. The van der Waals surface area contributed by atoms with E-state index in [0.717, 1.165) is 11.0 Å². The number of hydrogen-bond donors (Lipinski definition) is 2. The third-order valence-electron chi connectivity index (χ3n) is 3.35. The van der Waals surface area contributed by atoms with Crippen molar-refractivity contribution in [1.82, 2.24) is 10.2 Å². The first kappa shape index (κ1) is 19.4. The molecule has 0 aliphatic heterocycles. The maximum Gasteiger partial charge on any atom is 0.261 e. The van der Waals surface area contributed by atoms with Crippen molar-refractivity contribution >= 4 is 37.5 Å². The molecule has 0 heterocycles. The lowest BCUT2D eigenvalue weighted by Crippen LogP contribution is -2.31. The summed E-state index contributed by atoms with van der Waals surface area (Å²) in [5.74, 6) is -0.244. The molecule has 25 heavy (non-hydrogen) atoms. The van der Waals surface area contributed by atoms with Gasteiger partial charge in [-0.3, -0.25) is 9.52 Å². The Morgan fingerprint density at radius 3 is 2.44 bits per heavy atom. The van der Waals surface area contributed by atoms with E-state index in [0.29, 0.717) is 17.8 Å². The fourth-order valence-corrected chi connectivity index (χ4v) is 3.36. The predicted octanol–water partition coefficient (Wildman–Crippen LogP) is 2.54. The zero-order valence-electron chi connectivity index (χ0n) is 14.0. The van der Waals surface area contributed by atoms with Crippen molar-refractivity contribution in [1.29, 1.82) is 0 Å². The van der Waals surface area contributed by atoms with Gasteiger partial charge in [-0.25, -0.2) is 8.42 Å². The molecule has 6 nitrogen and oxygen atoms in total. The fourth-order valence-electron chi connectivity index (χ4n) is 2.05. The van der Waals surface area contributed by atoms with E-state index < -0.39 is 10.0 Å². The quantitative estimate of drug-likeness (QED) is 0.714. The summed E-state index contributed by atoms with van der Waals surface area (Å²) >= 11 is 3.27. The van der Waals surface area contributed by atoms with E-state index in [1.54, 1.807) is 30.3 Å². The summed E-state index contributed by atoms with van der Waals surface area (Å²) in [6.07, 6.45) is 0. The highest BCUT2D eigenvalue weighted by molar-refractivity contribution is 9.10. The number of nitrogens with one attached hydrogen (secondary N) is 2. The summed E-state index contributed by atoms with van der Waals surface area (Å²) in [7, 11) is 0.131. The SMILES string of the molecule is CN(C)CCNC(=O)c1cccc(NS(=O)(=O)c2ccc(Br)cc2)c1. The molecule has 0 radical (unpaired) electrons. The minimum atomic E-state index is -3.71. The summed E-state index contributed by atoms with van der Waals surface area (Å²) < 4.78 is 28.1. The van der Waals surface area contributed by atoms with Gasteiger partial charge in [0.15, 0.2) is 0 Å². The Bertz CT molecular complexity index is 836. The van der Waals surface area contributed by atoms with Gasteiger partial charge in [-0.15, -0.1) is 0 Å². The highest BCUT2D eigenvalue weighted by Gasteiger charge is 2.15. The number of likely N-dealkylation sites (N-methyl/N-ethyl adjacent to an activating group) is 1. The second-order valence-corrected chi connectivity index (χ2v) is 8.30. The highest BCUT2D eigenvalue weighted by Crippen LogP contribution is 2.19. The number of carbonyl (C=O) groups excluding carboxylic acids is 1. The van der Waals surface area contributed by atoms with Crippen LogP contribution >= 0.6 is 15.9 Å². The lowest BCUT2D eigenvalue weighted by Gasteiger charge is -2.12. The molecule has 0 atom stereocenters. The number of anilines is 1. The Labute approximate surface area is 156 Å². The van der Waals surface area contributed by atoms with Crippen LogP contribution in [0.1, 0.15) is 10.4 Å². The van der Waals surface area contributed by atoms with E-state index in [1.165, 1.54) is 18.2 Å². The second-order valence-electron chi connectivity index (χ2n) is 5.70. The number of carbonyl (C=O) groups is 1. The second kappa shape index (κ2) is 8.46. The molecule has 0 saturated heterocycles. The Morgan fingerprint density at radius 1 is 1.12 bits per heavy atom. The summed E-state index contributed by atoms with van der Waals surface area (Å²) in [4.78, 5) is 14.3. The fraction of sp³-hybridized carbons (Fsp3) is 0.235. The molecule has 2 aromatic carbocycles. The van der Waals surface area contributed by atoms with Crippen molar-refractivity contribution < 1.29 is 13.2 Å². The van der Waals surface area contributed by atoms with Crippen molar-refractivity contribution in [2.45, 2.75) is 4.90 Å².